The second kappa shape index (κ2) is 7.83. The van der Waals surface area contributed by atoms with Crippen LogP contribution >= 0.6 is 0 Å². The van der Waals surface area contributed by atoms with Crippen LogP contribution in [0.25, 0.3) is 11.1 Å². The first kappa shape index (κ1) is 17.0. The van der Waals surface area contributed by atoms with Crippen molar-refractivity contribution in [3.05, 3.63) is 70.2 Å². The van der Waals surface area contributed by atoms with E-state index in [1.54, 1.807) is 10.6 Å². The highest BCUT2D eigenvalue weighted by atomic mass is 16.4. The third-order valence-corrected chi connectivity index (χ3v) is 4.34. The van der Waals surface area contributed by atoms with Crippen LogP contribution in [-0.2, 0) is 17.8 Å². The van der Waals surface area contributed by atoms with Crippen molar-refractivity contribution in [3.63, 3.8) is 0 Å². The fourth-order valence-corrected chi connectivity index (χ4v) is 2.94. The topological polar surface area (TPSA) is 64.2 Å². The monoisotopic (exact) mass is 338 g/mol. The number of nitrogens with one attached hydrogen (secondary N) is 1. The smallest absolute Gasteiger partial charge is 0.408 e. The third kappa shape index (κ3) is 4.18. The molecule has 1 amide bonds. The van der Waals surface area contributed by atoms with Gasteiger partial charge >= 0.3 is 5.76 Å². The van der Waals surface area contributed by atoms with E-state index in [-0.39, 0.29) is 11.7 Å². The quantitative estimate of drug-likeness (QED) is 0.720. The van der Waals surface area contributed by atoms with E-state index in [4.69, 9.17) is 4.42 Å². The molecule has 2 aromatic carbocycles. The Morgan fingerprint density at radius 1 is 1.12 bits per heavy atom. The van der Waals surface area contributed by atoms with Crippen LogP contribution in [0.4, 0.5) is 0 Å². The van der Waals surface area contributed by atoms with Crippen LogP contribution in [0.2, 0.25) is 0 Å². The van der Waals surface area contributed by atoms with Gasteiger partial charge in [0.05, 0.1) is 5.52 Å². The Balaban J connectivity index is 1.46. The number of carbonyl (C=O) groups excluding carboxylic acids is 1. The second-order valence-electron chi connectivity index (χ2n) is 6.12. The lowest BCUT2D eigenvalue weighted by molar-refractivity contribution is -0.121. The highest BCUT2D eigenvalue weighted by Crippen LogP contribution is 2.12. The van der Waals surface area contributed by atoms with Crippen LogP contribution in [0.1, 0.15) is 24.0 Å². The van der Waals surface area contributed by atoms with Gasteiger partial charge in [-0.05, 0) is 43.0 Å². The van der Waals surface area contributed by atoms with Crippen molar-refractivity contribution in [1.82, 2.24) is 9.88 Å². The molecular weight excluding hydrogens is 316 g/mol. The van der Waals surface area contributed by atoms with Gasteiger partial charge in [-0.1, -0.05) is 36.4 Å². The SMILES string of the molecule is Cc1ccccc1CCNC(=O)CCCn1c(=O)oc2ccccc21. The average Bonchev–Trinajstić information content (AvgIpc) is 2.92. The van der Waals surface area contributed by atoms with Crippen LogP contribution in [-0.4, -0.2) is 17.0 Å². The number of hydrogen-bond acceptors (Lipinski definition) is 3. The Morgan fingerprint density at radius 2 is 1.88 bits per heavy atom. The molecule has 130 valence electrons. The van der Waals surface area contributed by atoms with Gasteiger partial charge in [-0.2, -0.15) is 0 Å². The Kier molecular flexibility index (Phi) is 5.33. The molecular formula is C20H22N2O3. The van der Waals surface area contributed by atoms with E-state index >= 15 is 0 Å². The third-order valence-electron chi connectivity index (χ3n) is 4.34. The lowest BCUT2D eigenvalue weighted by atomic mass is 10.1. The molecule has 1 aromatic heterocycles. The minimum absolute atomic E-state index is 0.00873. The summed E-state index contributed by atoms with van der Waals surface area (Å²) in [6, 6.07) is 15.5. The summed E-state index contributed by atoms with van der Waals surface area (Å²) < 4.78 is 6.77. The van der Waals surface area contributed by atoms with Gasteiger partial charge in [0.2, 0.25) is 5.91 Å². The fraction of sp³-hybridized carbons (Fsp3) is 0.300. The Bertz CT molecular complexity index is 924. The molecule has 1 N–H and O–H groups in total. The van der Waals surface area contributed by atoms with Gasteiger partial charge in [-0.15, -0.1) is 0 Å². The standard InChI is InChI=1S/C20H22N2O3/c1-15-7-2-3-8-16(15)12-13-21-19(23)11-6-14-22-17-9-4-5-10-18(17)25-20(22)24/h2-5,7-10H,6,11-14H2,1H3,(H,21,23). The van der Waals surface area contributed by atoms with Gasteiger partial charge in [0.1, 0.15) is 0 Å². The molecule has 5 heteroatoms. The molecule has 0 spiro atoms. The fourth-order valence-electron chi connectivity index (χ4n) is 2.94. The summed E-state index contributed by atoms with van der Waals surface area (Å²) in [4.78, 5) is 23.8. The van der Waals surface area contributed by atoms with Crippen molar-refractivity contribution in [2.45, 2.75) is 32.7 Å². The predicted octanol–water partition coefficient (Wildman–Crippen LogP) is 3.04. The predicted molar refractivity (Wildman–Crippen MR) is 97.6 cm³/mol. The molecule has 3 aromatic rings. The second-order valence-corrected chi connectivity index (χ2v) is 6.12. The van der Waals surface area contributed by atoms with Crippen LogP contribution < -0.4 is 11.1 Å². The van der Waals surface area contributed by atoms with E-state index in [0.717, 1.165) is 11.9 Å². The van der Waals surface area contributed by atoms with Gasteiger partial charge in [0, 0.05) is 19.5 Å². The van der Waals surface area contributed by atoms with E-state index in [1.165, 1.54) is 11.1 Å². The number of aryl methyl sites for hydroxylation is 2. The molecule has 0 saturated carbocycles. The largest absolute Gasteiger partial charge is 0.419 e. The lowest BCUT2D eigenvalue weighted by Crippen LogP contribution is -2.26. The Morgan fingerprint density at radius 3 is 2.72 bits per heavy atom. The first-order chi connectivity index (χ1) is 12.1. The van der Waals surface area contributed by atoms with Gasteiger partial charge in [0.25, 0.3) is 0 Å². The number of hydrogen-bond donors (Lipinski definition) is 1. The molecule has 25 heavy (non-hydrogen) atoms. The van der Waals surface area contributed by atoms with Crippen molar-refractivity contribution < 1.29 is 9.21 Å². The van der Waals surface area contributed by atoms with Gasteiger partial charge in [-0.25, -0.2) is 4.79 Å². The average molecular weight is 338 g/mol. The molecule has 0 aliphatic heterocycles. The number of aromatic nitrogens is 1. The molecule has 0 radical (unpaired) electrons. The van der Waals surface area contributed by atoms with Crippen molar-refractivity contribution in [2.75, 3.05) is 6.54 Å². The number of oxazole rings is 1. The van der Waals surface area contributed by atoms with Crippen LogP contribution in [0, 0.1) is 6.92 Å². The maximum atomic E-state index is 12.0. The van der Waals surface area contributed by atoms with E-state index in [1.807, 2.05) is 30.3 Å². The van der Waals surface area contributed by atoms with Gasteiger partial charge in [-0.3, -0.25) is 9.36 Å². The summed E-state index contributed by atoms with van der Waals surface area (Å²) in [6.07, 6.45) is 1.81. The molecule has 3 rings (SSSR count). The zero-order chi connectivity index (χ0) is 17.6. The number of nitrogens with zero attached hydrogens (tertiary/aromatic N) is 1. The number of amides is 1. The maximum absolute atomic E-state index is 12.0. The number of rotatable bonds is 7. The van der Waals surface area contributed by atoms with E-state index in [2.05, 4.69) is 24.4 Å². The summed E-state index contributed by atoms with van der Waals surface area (Å²) in [6.45, 7) is 3.17. The minimum atomic E-state index is -0.374. The van der Waals surface area contributed by atoms with Crippen molar-refractivity contribution in [3.8, 4) is 0 Å². The van der Waals surface area contributed by atoms with E-state index in [0.29, 0.717) is 31.5 Å². The van der Waals surface area contributed by atoms with Gasteiger partial charge < -0.3 is 9.73 Å². The van der Waals surface area contributed by atoms with Gasteiger partial charge in [0.15, 0.2) is 5.58 Å². The summed E-state index contributed by atoms with van der Waals surface area (Å²) in [5.41, 5.74) is 3.84. The number of fused-ring (bicyclic) bond motifs is 1. The maximum Gasteiger partial charge on any atom is 0.419 e. The molecule has 1 heterocycles. The number of para-hydroxylation sites is 2. The molecule has 0 unspecified atom stereocenters. The molecule has 0 atom stereocenters. The molecule has 0 aliphatic carbocycles. The molecule has 0 bridgehead atoms. The zero-order valence-electron chi connectivity index (χ0n) is 14.3. The first-order valence-corrected chi connectivity index (χ1v) is 8.55. The minimum Gasteiger partial charge on any atom is -0.408 e. The number of benzene rings is 2. The van der Waals surface area contributed by atoms with Crippen LogP contribution in [0.3, 0.4) is 0 Å². The summed E-state index contributed by atoms with van der Waals surface area (Å²) >= 11 is 0. The molecule has 5 nitrogen and oxygen atoms in total. The lowest BCUT2D eigenvalue weighted by Gasteiger charge is -2.07. The van der Waals surface area contributed by atoms with Crippen molar-refractivity contribution >= 4 is 17.0 Å². The zero-order valence-corrected chi connectivity index (χ0v) is 14.3. The van der Waals surface area contributed by atoms with Crippen LogP contribution in [0.5, 0.6) is 0 Å². The Labute approximate surface area is 146 Å². The number of carbonyl (C=O) groups is 1. The molecule has 0 aliphatic rings. The molecule has 0 fully saturated rings. The van der Waals surface area contributed by atoms with E-state index < -0.39 is 0 Å². The van der Waals surface area contributed by atoms with Crippen LogP contribution in [0.15, 0.2) is 57.7 Å². The summed E-state index contributed by atoms with van der Waals surface area (Å²) in [5.74, 6) is -0.365. The summed E-state index contributed by atoms with van der Waals surface area (Å²) in [7, 11) is 0. The normalized spacial score (nSPS) is 10.9. The summed E-state index contributed by atoms with van der Waals surface area (Å²) in [5, 5.41) is 2.94. The van der Waals surface area contributed by atoms with E-state index in [9.17, 15) is 9.59 Å². The molecule has 0 saturated heterocycles. The highest BCUT2D eigenvalue weighted by Gasteiger charge is 2.09. The van der Waals surface area contributed by atoms with Crippen molar-refractivity contribution in [2.24, 2.45) is 0 Å². The Hall–Kier alpha value is -2.82. The van der Waals surface area contributed by atoms with Crippen molar-refractivity contribution in [1.29, 1.82) is 0 Å². The highest BCUT2D eigenvalue weighted by molar-refractivity contribution is 5.76. The first-order valence-electron chi connectivity index (χ1n) is 8.55.